The van der Waals surface area contributed by atoms with E-state index in [2.05, 4.69) is 10.3 Å². The molecule has 2 heterocycles. The number of fused-ring (bicyclic) bond motifs is 1. The molecular weight excluding hydrogens is 365 g/mol. The number of nitrogens with one attached hydrogen (secondary N) is 1. The third-order valence-corrected chi connectivity index (χ3v) is 5.05. The first-order valence-electron chi connectivity index (χ1n) is 9.67. The molecule has 4 aromatic rings. The van der Waals surface area contributed by atoms with Crippen molar-refractivity contribution in [2.75, 3.05) is 5.32 Å². The van der Waals surface area contributed by atoms with Crippen LogP contribution in [0.25, 0.3) is 16.9 Å². The molecule has 0 radical (unpaired) electrons. The number of hydrogen-bond acceptors (Lipinski definition) is 2. The molecule has 2 aromatic carbocycles. The molecule has 0 saturated carbocycles. The summed E-state index contributed by atoms with van der Waals surface area (Å²) in [6.07, 6.45) is 2.54. The normalized spacial score (nSPS) is 12.1. The fraction of sp³-hybridized carbons (Fsp3) is 0.167. The van der Waals surface area contributed by atoms with Gasteiger partial charge < -0.3 is 5.32 Å². The highest BCUT2D eigenvalue weighted by molar-refractivity contribution is 5.98. The number of imidazole rings is 1. The van der Waals surface area contributed by atoms with Crippen molar-refractivity contribution >= 4 is 17.4 Å². The van der Waals surface area contributed by atoms with Gasteiger partial charge >= 0.3 is 0 Å². The van der Waals surface area contributed by atoms with Crippen LogP contribution in [0.2, 0.25) is 0 Å². The Kier molecular flexibility index (Phi) is 5.12. The molecule has 4 nitrogen and oxygen atoms in total. The summed E-state index contributed by atoms with van der Waals surface area (Å²) in [6, 6.07) is 19.9. The first kappa shape index (κ1) is 18.9. The van der Waals surface area contributed by atoms with E-state index in [1.54, 1.807) is 12.1 Å². The molecule has 0 aliphatic rings. The Hall–Kier alpha value is -3.47. The second-order valence-corrected chi connectivity index (χ2v) is 7.11. The smallest absolute Gasteiger partial charge is 0.233 e. The predicted molar refractivity (Wildman–Crippen MR) is 113 cm³/mol. The van der Waals surface area contributed by atoms with Gasteiger partial charge in [0.15, 0.2) is 0 Å². The van der Waals surface area contributed by atoms with E-state index in [-0.39, 0.29) is 17.6 Å². The minimum absolute atomic E-state index is 0.112. The lowest BCUT2D eigenvalue weighted by atomic mass is 9.95. The van der Waals surface area contributed by atoms with Crippen LogP contribution in [0.4, 0.5) is 10.2 Å². The van der Waals surface area contributed by atoms with Crippen molar-refractivity contribution in [2.45, 2.75) is 26.2 Å². The van der Waals surface area contributed by atoms with E-state index >= 15 is 0 Å². The van der Waals surface area contributed by atoms with E-state index in [9.17, 15) is 9.18 Å². The predicted octanol–water partition coefficient (Wildman–Crippen LogP) is 5.58. The molecule has 1 atom stereocenters. The molecule has 0 bridgehead atoms. The average Bonchev–Trinajstić information content (AvgIpc) is 3.07. The van der Waals surface area contributed by atoms with Crippen LogP contribution in [0.1, 0.15) is 30.4 Å². The molecule has 4 rings (SSSR count). The lowest BCUT2D eigenvalue weighted by Gasteiger charge is -2.16. The molecule has 29 heavy (non-hydrogen) atoms. The van der Waals surface area contributed by atoms with Gasteiger partial charge in [-0.2, -0.15) is 0 Å². The maximum Gasteiger partial charge on any atom is 0.233 e. The van der Waals surface area contributed by atoms with Gasteiger partial charge in [-0.1, -0.05) is 49.4 Å². The Morgan fingerprint density at radius 3 is 2.62 bits per heavy atom. The standard InChI is InChI=1S/C24H22FN3O/c1-3-20(17-8-5-4-6-9-17)24(29)27-23-22(18-10-7-11-19(25)15-18)26-21-14-16(2)12-13-28(21)23/h4-15,20H,3H2,1-2H3,(H,27,29). The fourth-order valence-electron chi connectivity index (χ4n) is 3.56. The molecule has 0 spiro atoms. The third-order valence-electron chi connectivity index (χ3n) is 5.05. The van der Waals surface area contributed by atoms with Gasteiger partial charge in [0.2, 0.25) is 5.91 Å². The quantitative estimate of drug-likeness (QED) is 0.486. The molecular formula is C24H22FN3O. The molecule has 0 saturated heterocycles. The summed E-state index contributed by atoms with van der Waals surface area (Å²) in [5.74, 6) is -0.194. The van der Waals surface area contributed by atoms with Gasteiger partial charge in [-0.05, 0) is 48.7 Å². The van der Waals surface area contributed by atoms with Crippen LogP contribution in [0.15, 0.2) is 72.9 Å². The van der Waals surface area contributed by atoms with E-state index in [1.165, 1.54) is 12.1 Å². The minimum atomic E-state index is -0.344. The topological polar surface area (TPSA) is 46.4 Å². The number of benzene rings is 2. The number of carbonyl (C=O) groups is 1. The molecule has 2 aromatic heterocycles. The van der Waals surface area contributed by atoms with Gasteiger partial charge in [0.05, 0.1) is 5.92 Å². The molecule has 0 aliphatic heterocycles. The van der Waals surface area contributed by atoms with Crippen molar-refractivity contribution in [1.82, 2.24) is 9.38 Å². The molecule has 5 heteroatoms. The Bertz CT molecular complexity index is 1170. The molecule has 1 N–H and O–H groups in total. The zero-order valence-corrected chi connectivity index (χ0v) is 16.4. The summed E-state index contributed by atoms with van der Waals surface area (Å²) in [5.41, 5.74) is 3.89. The van der Waals surface area contributed by atoms with Gasteiger partial charge in [0.25, 0.3) is 0 Å². The average molecular weight is 387 g/mol. The van der Waals surface area contributed by atoms with Crippen LogP contribution in [-0.2, 0) is 4.79 Å². The lowest BCUT2D eigenvalue weighted by molar-refractivity contribution is -0.117. The number of aromatic nitrogens is 2. The Morgan fingerprint density at radius 2 is 1.90 bits per heavy atom. The molecule has 0 fully saturated rings. The van der Waals surface area contributed by atoms with Crippen LogP contribution < -0.4 is 5.32 Å². The van der Waals surface area contributed by atoms with Gasteiger partial charge in [-0.15, -0.1) is 0 Å². The molecule has 146 valence electrons. The van der Waals surface area contributed by atoms with Crippen LogP contribution in [0.5, 0.6) is 0 Å². The highest BCUT2D eigenvalue weighted by Crippen LogP contribution is 2.31. The second-order valence-electron chi connectivity index (χ2n) is 7.11. The third kappa shape index (κ3) is 3.76. The monoisotopic (exact) mass is 387 g/mol. The van der Waals surface area contributed by atoms with Gasteiger partial charge in [0.1, 0.15) is 23.0 Å². The van der Waals surface area contributed by atoms with Crippen molar-refractivity contribution in [3.8, 4) is 11.3 Å². The molecule has 1 amide bonds. The van der Waals surface area contributed by atoms with Crippen molar-refractivity contribution in [2.24, 2.45) is 0 Å². The highest BCUT2D eigenvalue weighted by atomic mass is 19.1. The number of carbonyl (C=O) groups excluding carboxylic acids is 1. The summed E-state index contributed by atoms with van der Waals surface area (Å²) in [7, 11) is 0. The number of aryl methyl sites for hydroxylation is 1. The first-order valence-corrected chi connectivity index (χ1v) is 9.67. The SMILES string of the molecule is CCC(C(=O)Nc1c(-c2cccc(F)c2)nc2cc(C)ccn12)c1ccccc1. The molecule has 0 aliphatic carbocycles. The lowest BCUT2D eigenvalue weighted by Crippen LogP contribution is -2.22. The fourth-order valence-corrected chi connectivity index (χ4v) is 3.56. The van der Waals surface area contributed by atoms with Crippen molar-refractivity contribution in [3.05, 3.63) is 89.9 Å². The Morgan fingerprint density at radius 1 is 1.10 bits per heavy atom. The van der Waals surface area contributed by atoms with Gasteiger partial charge in [-0.3, -0.25) is 9.20 Å². The van der Waals surface area contributed by atoms with E-state index in [0.717, 1.165) is 11.1 Å². The van der Waals surface area contributed by atoms with Crippen molar-refractivity contribution in [1.29, 1.82) is 0 Å². The van der Waals surface area contributed by atoms with E-state index < -0.39 is 0 Å². The number of pyridine rings is 1. The van der Waals surface area contributed by atoms with Gasteiger partial charge in [-0.25, -0.2) is 9.37 Å². The number of halogens is 1. The number of hydrogen-bond donors (Lipinski definition) is 1. The summed E-state index contributed by atoms with van der Waals surface area (Å²) in [4.78, 5) is 17.9. The van der Waals surface area contributed by atoms with Crippen LogP contribution >= 0.6 is 0 Å². The first-order chi connectivity index (χ1) is 14.1. The Labute approximate surface area is 169 Å². The number of rotatable bonds is 5. The maximum atomic E-state index is 13.8. The van der Waals surface area contributed by atoms with Gasteiger partial charge in [0, 0.05) is 11.8 Å². The maximum absolute atomic E-state index is 13.8. The summed E-state index contributed by atoms with van der Waals surface area (Å²) in [6.45, 7) is 3.97. The molecule has 1 unspecified atom stereocenters. The highest BCUT2D eigenvalue weighted by Gasteiger charge is 2.23. The number of amides is 1. The Balaban J connectivity index is 1.79. The van der Waals surface area contributed by atoms with Crippen LogP contribution in [-0.4, -0.2) is 15.3 Å². The summed E-state index contributed by atoms with van der Waals surface area (Å²) >= 11 is 0. The number of anilines is 1. The number of nitrogens with zero attached hydrogens (tertiary/aromatic N) is 2. The van der Waals surface area contributed by atoms with E-state index in [0.29, 0.717) is 29.1 Å². The largest absolute Gasteiger partial charge is 0.309 e. The van der Waals surface area contributed by atoms with Crippen LogP contribution in [0.3, 0.4) is 0 Å². The zero-order valence-electron chi connectivity index (χ0n) is 16.4. The summed E-state index contributed by atoms with van der Waals surface area (Å²) < 4.78 is 15.7. The summed E-state index contributed by atoms with van der Waals surface area (Å²) in [5, 5.41) is 3.06. The minimum Gasteiger partial charge on any atom is -0.309 e. The zero-order chi connectivity index (χ0) is 20.4. The van der Waals surface area contributed by atoms with Crippen molar-refractivity contribution in [3.63, 3.8) is 0 Å². The second kappa shape index (κ2) is 7.87. The van der Waals surface area contributed by atoms with Crippen LogP contribution in [0, 0.1) is 12.7 Å². The van der Waals surface area contributed by atoms with Crippen molar-refractivity contribution < 1.29 is 9.18 Å². The van der Waals surface area contributed by atoms with E-state index in [1.807, 2.05) is 66.9 Å². The van der Waals surface area contributed by atoms with E-state index in [4.69, 9.17) is 0 Å².